The molecule has 0 bridgehead atoms. The minimum absolute atomic E-state index is 0.149. The highest BCUT2D eigenvalue weighted by Crippen LogP contribution is 2.47. The molecule has 5 nitrogen and oxygen atoms in total. The van der Waals surface area contributed by atoms with E-state index in [2.05, 4.69) is 9.44 Å². The van der Waals surface area contributed by atoms with Gasteiger partial charge in [0.2, 0.25) is 0 Å². The van der Waals surface area contributed by atoms with E-state index in [4.69, 9.17) is 5.73 Å². The zero-order chi connectivity index (χ0) is 11.4. The van der Waals surface area contributed by atoms with Crippen LogP contribution < -0.4 is 15.2 Å². The molecule has 0 saturated heterocycles. The second kappa shape index (κ2) is 5.25. The highest BCUT2D eigenvalue weighted by Gasteiger charge is 2.42. The SMILES string of the molecule is CCCNS(=O)(=O)NCC1(CCN)CC1. The van der Waals surface area contributed by atoms with Crippen LogP contribution in [-0.2, 0) is 10.2 Å². The lowest BCUT2D eigenvalue weighted by molar-refractivity contribution is 0.458. The molecule has 0 atom stereocenters. The fourth-order valence-electron chi connectivity index (χ4n) is 1.53. The summed E-state index contributed by atoms with van der Waals surface area (Å²) >= 11 is 0. The van der Waals surface area contributed by atoms with Gasteiger partial charge < -0.3 is 5.73 Å². The Hall–Kier alpha value is -0.170. The van der Waals surface area contributed by atoms with E-state index in [1.165, 1.54) is 0 Å². The maximum absolute atomic E-state index is 11.4. The molecular formula is C9H21N3O2S. The summed E-state index contributed by atoms with van der Waals surface area (Å²) in [4.78, 5) is 0. The van der Waals surface area contributed by atoms with Gasteiger partial charge in [-0.3, -0.25) is 0 Å². The third kappa shape index (κ3) is 4.46. The Kier molecular flexibility index (Phi) is 4.51. The van der Waals surface area contributed by atoms with Crippen LogP contribution in [0.1, 0.15) is 32.6 Å². The van der Waals surface area contributed by atoms with E-state index in [0.717, 1.165) is 25.7 Å². The van der Waals surface area contributed by atoms with Gasteiger partial charge in [-0.2, -0.15) is 8.42 Å². The number of rotatable bonds is 8. The Morgan fingerprint density at radius 3 is 2.47 bits per heavy atom. The molecule has 0 amide bonds. The van der Waals surface area contributed by atoms with Crippen LogP contribution in [0.4, 0.5) is 0 Å². The van der Waals surface area contributed by atoms with Crippen LogP contribution in [0.3, 0.4) is 0 Å². The summed E-state index contributed by atoms with van der Waals surface area (Å²) in [7, 11) is -3.30. The Morgan fingerprint density at radius 2 is 2.00 bits per heavy atom. The summed E-state index contributed by atoms with van der Waals surface area (Å²) in [5, 5.41) is 0. The van der Waals surface area contributed by atoms with Crippen molar-refractivity contribution in [3.8, 4) is 0 Å². The van der Waals surface area contributed by atoms with Crippen LogP contribution in [0.5, 0.6) is 0 Å². The van der Waals surface area contributed by atoms with E-state index in [1.807, 2.05) is 6.92 Å². The molecule has 4 N–H and O–H groups in total. The summed E-state index contributed by atoms with van der Waals surface area (Å²) in [6, 6.07) is 0. The van der Waals surface area contributed by atoms with Gasteiger partial charge in [0.15, 0.2) is 0 Å². The Labute approximate surface area is 92.0 Å². The molecule has 6 heteroatoms. The maximum Gasteiger partial charge on any atom is 0.276 e. The minimum Gasteiger partial charge on any atom is -0.330 e. The molecule has 1 fully saturated rings. The van der Waals surface area contributed by atoms with Gasteiger partial charge in [0, 0.05) is 13.1 Å². The summed E-state index contributed by atoms with van der Waals surface area (Å²) in [5.74, 6) is 0. The van der Waals surface area contributed by atoms with Crippen molar-refractivity contribution in [2.24, 2.45) is 11.1 Å². The second-order valence-electron chi connectivity index (χ2n) is 4.26. The summed E-state index contributed by atoms with van der Waals surface area (Å²) < 4.78 is 27.9. The largest absolute Gasteiger partial charge is 0.330 e. The predicted octanol–water partition coefficient (Wildman–Crippen LogP) is -0.0506. The van der Waals surface area contributed by atoms with Crippen LogP contribution in [0.15, 0.2) is 0 Å². The first-order chi connectivity index (χ1) is 7.04. The molecule has 1 aliphatic carbocycles. The van der Waals surface area contributed by atoms with Gasteiger partial charge >= 0.3 is 0 Å². The monoisotopic (exact) mass is 235 g/mol. The van der Waals surface area contributed by atoms with Gasteiger partial charge in [0.05, 0.1) is 0 Å². The maximum atomic E-state index is 11.4. The Bertz CT molecular complexity index is 286. The molecule has 0 radical (unpaired) electrons. The minimum atomic E-state index is -3.30. The lowest BCUT2D eigenvalue weighted by atomic mass is 10.0. The van der Waals surface area contributed by atoms with E-state index in [1.54, 1.807) is 0 Å². The highest BCUT2D eigenvalue weighted by molar-refractivity contribution is 7.87. The van der Waals surface area contributed by atoms with Crippen LogP contribution in [0.2, 0.25) is 0 Å². The van der Waals surface area contributed by atoms with Crippen molar-refractivity contribution in [2.75, 3.05) is 19.6 Å². The molecule has 0 aliphatic heterocycles. The molecule has 1 aliphatic rings. The molecule has 0 spiro atoms. The zero-order valence-electron chi connectivity index (χ0n) is 9.25. The number of hydrogen-bond acceptors (Lipinski definition) is 3. The quantitative estimate of drug-likeness (QED) is 0.551. The predicted molar refractivity (Wildman–Crippen MR) is 60.6 cm³/mol. The molecule has 0 aromatic heterocycles. The summed E-state index contributed by atoms with van der Waals surface area (Å²) in [6.07, 6.45) is 3.87. The van der Waals surface area contributed by atoms with Crippen molar-refractivity contribution >= 4 is 10.2 Å². The highest BCUT2D eigenvalue weighted by atomic mass is 32.2. The van der Waals surface area contributed by atoms with Crippen molar-refractivity contribution < 1.29 is 8.42 Å². The zero-order valence-corrected chi connectivity index (χ0v) is 10.1. The van der Waals surface area contributed by atoms with Crippen molar-refractivity contribution in [3.63, 3.8) is 0 Å². The Balaban J connectivity index is 2.30. The molecule has 90 valence electrons. The topological polar surface area (TPSA) is 84.2 Å². The average molecular weight is 235 g/mol. The third-order valence-corrected chi connectivity index (χ3v) is 3.92. The molecule has 0 aromatic rings. The van der Waals surface area contributed by atoms with Gasteiger partial charge in [-0.05, 0) is 37.6 Å². The van der Waals surface area contributed by atoms with Crippen molar-refractivity contribution in [2.45, 2.75) is 32.6 Å². The molecule has 0 heterocycles. The van der Waals surface area contributed by atoms with Crippen LogP contribution >= 0.6 is 0 Å². The van der Waals surface area contributed by atoms with E-state index in [0.29, 0.717) is 19.6 Å². The van der Waals surface area contributed by atoms with Gasteiger partial charge in [0.1, 0.15) is 0 Å². The molecule has 1 rings (SSSR count). The van der Waals surface area contributed by atoms with Crippen molar-refractivity contribution in [1.29, 1.82) is 0 Å². The van der Waals surface area contributed by atoms with E-state index in [9.17, 15) is 8.42 Å². The first-order valence-corrected chi connectivity index (χ1v) is 6.96. The van der Waals surface area contributed by atoms with Gasteiger partial charge in [0.25, 0.3) is 10.2 Å². The molecule has 0 unspecified atom stereocenters. The van der Waals surface area contributed by atoms with Gasteiger partial charge in [-0.1, -0.05) is 6.92 Å². The van der Waals surface area contributed by atoms with E-state index in [-0.39, 0.29) is 5.41 Å². The first kappa shape index (κ1) is 12.9. The van der Waals surface area contributed by atoms with Gasteiger partial charge in [-0.15, -0.1) is 0 Å². The molecular weight excluding hydrogens is 214 g/mol. The normalized spacial score (nSPS) is 19.1. The standard InChI is InChI=1S/C9H21N3O2S/c1-2-7-11-15(13,14)12-8-9(3-4-9)5-6-10/h11-12H,2-8,10H2,1H3. The summed E-state index contributed by atoms with van der Waals surface area (Å²) in [5.41, 5.74) is 5.63. The van der Waals surface area contributed by atoms with Crippen LogP contribution in [0, 0.1) is 5.41 Å². The van der Waals surface area contributed by atoms with E-state index < -0.39 is 10.2 Å². The summed E-state index contributed by atoms with van der Waals surface area (Å²) in [6.45, 7) is 3.56. The lowest BCUT2D eigenvalue weighted by Gasteiger charge is -2.15. The lowest BCUT2D eigenvalue weighted by Crippen LogP contribution is -2.40. The van der Waals surface area contributed by atoms with Crippen LogP contribution in [-0.4, -0.2) is 28.1 Å². The smallest absolute Gasteiger partial charge is 0.276 e. The number of nitrogens with two attached hydrogens (primary N) is 1. The Morgan fingerprint density at radius 1 is 1.33 bits per heavy atom. The average Bonchev–Trinajstić information content (AvgIpc) is 2.94. The van der Waals surface area contributed by atoms with Crippen molar-refractivity contribution in [3.05, 3.63) is 0 Å². The second-order valence-corrected chi connectivity index (χ2v) is 5.84. The van der Waals surface area contributed by atoms with Gasteiger partial charge in [-0.25, -0.2) is 9.44 Å². The third-order valence-electron chi connectivity index (χ3n) is 2.81. The number of hydrogen-bond donors (Lipinski definition) is 3. The fraction of sp³-hybridized carbons (Fsp3) is 1.00. The van der Waals surface area contributed by atoms with Crippen molar-refractivity contribution in [1.82, 2.24) is 9.44 Å². The molecule has 0 aromatic carbocycles. The van der Waals surface area contributed by atoms with E-state index >= 15 is 0 Å². The fourth-order valence-corrected chi connectivity index (χ4v) is 2.60. The molecule has 1 saturated carbocycles. The van der Waals surface area contributed by atoms with Crippen LogP contribution in [0.25, 0.3) is 0 Å². The first-order valence-electron chi connectivity index (χ1n) is 5.48. The molecule has 15 heavy (non-hydrogen) atoms. The number of nitrogens with one attached hydrogen (secondary N) is 2.